The van der Waals surface area contributed by atoms with Crippen molar-refractivity contribution in [3.05, 3.63) is 29.6 Å². The molecule has 1 aromatic carbocycles. The molecule has 3 heteroatoms. The molecular formula is C16H25FN2. The fraction of sp³-hybridized carbons (Fsp3) is 0.625. The first-order valence-corrected chi connectivity index (χ1v) is 7.36. The van der Waals surface area contributed by atoms with Crippen LogP contribution in [0.4, 0.5) is 10.1 Å². The van der Waals surface area contributed by atoms with E-state index in [2.05, 4.69) is 31.0 Å². The van der Waals surface area contributed by atoms with Crippen LogP contribution in [0.3, 0.4) is 0 Å². The number of nitrogens with zero attached hydrogens (tertiary/aromatic N) is 1. The molecule has 1 heterocycles. The molecule has 0 amide bonds. The standard InChI is InChI=1S/C16H25FN2/c1-4-18-10-14-9-15(17)5-6-16(14)19-8-7-12(2)13(3)11-19/h5-6,9,12-13,18H,4,7-8,10-11H2,1-3H3. The average Bonchev–Trinajstić information content (AvgIpc) is 2.40. The lowest BCUT2D eigenvalue weighted by Crippen LogP contribution is -2.39. The van der Waals surface area contributed by atoms with Crippen molar-refractivity contribution in [2.75, 3.05) is 24.5 Å². The molecule has 0 saturated carbocycles. The number of piperidine rings is 1. The van der Waals surface area contributed by atoms with E-state index in [-0.39, 0.29) is 5.82 Å². The van der Waals surface area contributed by atoms with Crippen LogP contribution in [0, 0.1) is 17.7 Å². The fourth-order valence-electron chi connectivity index (χ4n) is 2.75. The molecule has 2 rings (SSSR count). The summed E-state index contributed by atoms with van der Waals surface area (Å²) in [7, 11) is 0. The van der Waals surface area contributed by atoms with Crippen LogP contribution in [0.1, 0.15) is 32.8 Å². The van der Waals surface area contributed by atoms with Crippen molar-refractivity contribution in [3.63, 3.8) is 0 Å². The number of anilines is 1. The number of halogens is 1. The van der Waals surface area contributed by atoms with Gasteiger partial charge in [0.15, 0.2) is 0 Å². The molecule has 0 bridgehead atoms. The SMILES string of the molecule is CCNCc1cc(F)ccc1N1CCC(C)C(C)C1. The first kappa shape index (κ1) is 14.3. The van der Waals surface area contributed by atoms with E-state index >= 15 is 0 Å². The lowest BCUT2D eigenvalue weighted by molar-refractivity contribution is 0.323. The van der Waals surface area contributed by atoms with Gasteiger partial charge in [-0.3, -0.25) is 0 Å². The molecule has 0 radical (unpaired) electrons. The Morgan fingerprint density at radius 1 is 1.32 bits per heavy atom. The van der Waals surface area contributed by atoms with Gasteiger partial charge in [-0.2, -0.15) is 0 Å². The van der Waals surface area contributed by atoms with Gasteiger partial charge in [0.05, 0.1) is 0 Å². The summed E-state index contributed by atoms with van der Waals surface area (Å²) in [6.45, 7) is 10.5. The van der Waals surface area contributed by atoms with E-state index in [0.29, 0.717) is 5.92 Å². The highest BCUT2D eigenvalue weighted by molar-refractivity contribution is 5.54. The summed E-state index contributed by atoms with van der Waals surface area (Å²) in [5, 5.41) is 3.30. The van der Waals surface area contributed by atoms with Crippen molar-refractivity contribution in [1.82, 2.24) is 5.32 Å². The van der Waals surface area contributed by atoms with Crippen LogP contribution in [0.2, 0.25) is 0 Å². The Balaban J connectivity index is 2.18. The minimum absolute atomic E-state index is 0.143. The van der Waals surface area contributed by atoms with Gasteiger partial charge in [0.1, 0.15) is 5.82 Å². The maximum Gasteiger partial charge on any atom is 0.123 e. The van der Waals surface area contributed by atoms with E-state index in [1.54, 1.807) is 12.1 Å². The minimum atomic E-state index is -0.143. The van der Waals surface area contributed by atoms with Gasteiger partial charge in [0, 0.05) is 25.3 Å². The van der Waals surface area contributed by atoms with Crippen LogP contribution in [0.5, 0.6) is 0 Å². The molecule has 1 N–H and O–H groups in total. The third kappa shape index (κ3) is 3.47. The third-order valence-electron chi connectivity index (χ3n) is 4.28. The van der Waals surface area contributed by atoms with Crippen LogP contribution < -0.4 is 10.2 Å². The zero-order valence-corrected chi connectivity index (χ0v) is 12.2. The van der Waals surface area contributed by atoms with Gasteiger partial charge >= 0.3 is 0 Å². The van der Waals surface area contributed by atoms with Crippen molar-refractivity contribution in [1.29, 1.82) is 0 Å². The van der Waals surface area contributed by atoms with Crippen molar-refractivity contribution in [2.24, 2.45) is 11.8 Å². The van der Waals surface area contributed by atoms with E-state index in [4.69, 9.17) is 0 Å². The minimum Gasteiger partial charge on any atom is -0.371 e. The van der Waals surface area contributed by atoms with Crippen LogP contribution >= 0.6 is 0 Å². The molecule has 0 aromatic heterocycles. The van der Waals surface area contributed by atoms with E-state index in [1.807, 2.05) is 6.07 Å². The molecular weight excluding hydrogens is 239 g/mol. The topological polar surface area (TPSA) is 15.3 Å². The number of rotatable bonds is 4. The molecule has 0 aliphatic carbocycles. The van der Waals surface area contributed by atoms with E-state index in [0.717, 1.165) is 37.7 Å². The lowest BCUT2D eigenvalue weighted by Gasteiger charge is -2.37. The first-order valence-electron chi connectivity index (χ1n) is 7.36. The van der Waals surface area contributed by atoms with Crippen molar-refractivity contribution >= 4 is 5.69 Å². The fourth-order valence-corrected chi connectivity index (χ4v) is 2.75. The Morgan fingerprint density at radius 2 is 2.11 bits per heavy atom. The summed E-state index contributed by atoms with van der Waals surface area (Å²) in [5.41, 5.74) is 2.27. The smallest absolute Gasteiger partial charge is 0.123 e. The molecule has 1 fully saturated rings. The van der Waals surface area contributed by atoms with Crippen LogP contribution in [0.15, 0.2) is 18.2 Å². The summed E-state index contributed by atoms with van der Waals surface area (Å²) in [6.07, 6.45) is 1.22. The van der Waals surface area contributed by atoms with Gasteiger partial charge in [-0.05, 0) is 48.6 Å². The summed E-state index contributed by atoms with van der Waals surface area (Å²) in [6, 6.07) is 5.18. The third-order valence-corrected chi connectivity index (χ3v) is 4.28. The highest BCUT2D eigenvalue weighted by atomic mass is 19.1. The Kier molecular flexibility index (Phi) is 4.81. The Hall–Kier alpha value is -1.09. The van der Waals surface area contributed by atoms with Gasteiger partial charge in [-0.25, -0.2) is 4.39 Å². The molecule has 19 heavy (non-hydrogen) atoms. The number of hydrogen-bond acceptors (Lipinski definition) is 2. The molecule has 2 atom stereocenters. The molecule has 106 valence electrons. The monoisotopic (exact) mass is 264 g/mol. The number of benzene rings is 1. The molecule has 1 aliphatic rings. The summed E-state index contributed by atoms with van der Waals surface area (Å²) < 4.78 is 13.4. The highest BCUT2D eigenvalue weighted by Crippen LogP contribution is 2.29. The van der Waals surface area contributed by atoms with Crippen molar-refractivity contribution in [2.45, 2.75) is 33.7 Å². The Bertz CT molecular complexity index is 419. The second-order valence-electron chi connectivity index (χ2n) is 5.74. The number of hydrogen-bond donors (Lipinski definition) is 1. The second kappa shape index (κ2) is 6.38. The van der Waals surface area contributed by atoms with Gasteiger partial charge < -0.3 is 10.2 Å². The predicted molar refractivity (Wildman–Crippen MR) is 78.9 cm³/mol. The van der Waals surface area contributed by atoms with E-state index in [9.17, 15) is 4.39 Å². The van der Waals surface area contributed by atoms with Gasteiger partial charge in [-0.1, -0.05) is 20.8 Å². The van der Waals surface area contributed by atoms with Gasteiger partial charge in [0.25, 0.3) is 0 Å². The zero-order valence-electron chi connectivity index (χ0n) is 12.2. The highest BCUT2D eigenvalue weighted by Gasteiger charge is 2.24. The zero-order chi connectivity index (χ0) is 13.8. The first-order chi connectivity index (χ1) is 9.11. The molecule has 2 nitrogen and oxygen atoms in total. The Morgan fingerprint density at radius 3 is 2.79 bits per heavy atom. The van der Waals surface area contributed by atoms with Crippen LogP contribution in [-0.4, -0.2) is 19.6 Å². The molecule has 0 spiro atoms. The molecule has 2 unspecified atom stereocenters. The normalized spacial score (nSPS) is 23.7. The summed E-state index contributed by atoms with van der Waals surface area (Å²) >= 11 is 0. The quantitative estimate of drug-likeness (QED) is 0.896. The summed E-state index contributed by atoms with van der Waals surface area (Å²) in [4.78, 5) is 2.41. The lowest BCUT2D eigenvalue weighted by atomic mass is 9.88. The maximum absolute atomic E-state index is 13.4. The predicted octanol–water partition coefficient (Wildman–Crippen LogP) is 3.42. The molecule has 1 aliphatic heterocycles. The number of nitrogens with one attached hydrogen (secondary N) is 1. The van der Waals surface area contributed by atoms with Crippen molar-refractivity contribution in [3.8, 4) is 0 Å². The van der Waals surface area contributed by atoms with E-state index in [1.165, 1.54) is 12.1 Å². The van der Waals surface area contributed by atoms with E-state index < -0.39 is 0 Å². The van der Waals surface area contributed by atoms with Crippen LogP contribution in [-0.2, 0) is 6.54 Å². The van der Waals surface area contributed by atoms with Crippen molar-refractivity contribution < 1.29 is 4.39 Å². The van der Waals surface area contributed by atoms with Gasteiger partial charge in [-0.15, -0.1) is 0 Å². The molecule has 1 aromatic rings. The average molecular weight is 264 g/mol. The van der Waals surface area contributed by atoms with Crippen LogP contribution in [0.25, 0.3) is 0 Å². The van der Waals surface area contributed by atoms with Gasteiger partial charge in [0.2, 0.25) is 0 Å². The summed E-state index contributed by atoms with van der Waals surface area (Å²) in [5.74, 6) is 1.34. The maximum atomic E-state index is 13.4. The largest absolute Gasteiger partial charge is 0.371 e. The molecule has 1 saturated heterocycles. The second-order valence-corrected chi connectivity index (χ2v) is 5.74. The Labute approximate surface area is 116 Å².